The summed E-state index contributed by atoms with van der Waals surface area (Å²) < 4.78 is 17.6. The van der Waals surface area contributed by atoms with Crippen LogP contribution in [0.4, 0.5) is 0 Å². The van der Waals surface area contributed by atoms with Crippen LogP contribution in [0.3, 0.4) is 0 Å². The topological polar surface area (TPSA) is 52.1 Å². The number of rotatable bonds is 15. The Labute approximate surface area is 144 Å². The van der Waals surface area contributed by atoms with Crippen molar-refractivity contribution in [3.05, 3.63) is 0 Å². The van der Waals surface area contributed by atoms with E-state index < -0.39 is 8.80 Å². The summed E-state index contributed by atoms with van der Waals surface area (Å²) in [6.45, 7) is 17.2. The van der Waals surface area contributed by atoms with Crippen molar-refractivity contribution in [3.63, 3.8) is 0 Å². The highest BCUT2D eigenvalue weighted by Gasteiger charge is 2.39. The van der Waals surface area contributed by atoms with Crippen LogP contribution in [0.5, 0.6) is 0 Å². The van der Waals surface area contributed by atoms with Crippen LogP contribution in [-0.2, 0) is 13.3 Å². The minimum atomic E-state index is -2.47. The molecule has 1 N–H and O–H groups in total. The van der Waals surface area contributed by atoms with E-state index >= 15 is 0 Å². The molecule has 0 spiro atoms. The molecule has 0 heterocycles. The minimum Gasteiger partial charge on any atom is -0.374 e. The van der Waals surface area contributed by atoms with Crippen molar-refractivity contribution >= 4 is 14.5 Å². The first-order valence-electron chi connectivity index (χ1n) is 9.12. The molecule has 23 heavy (non-hydrogen) atoms. The van der Waals surface area contributed by atoms with Crippen LogP contribution in [0.2, 0.25) is 6.04 Å². The lowest BCUT2D eigenvalue weighted by atomic mass is 10.1. The van der Waals surface area contributed by atoms with Crippen molar-refractivity contribution in [1.82, 2.24) is 5.32 Å². The fourth-order valence-corrected chi connectivity index (χ4v) is 5.15. The van der Waals surface area contributed by atoms with Crippen molar-refractivity contribution in [2.24, 2.45) is 10.9 Å². The zero-order valence-corrected chi connectivity index (χ0v) is 17.1. The quantitative estimate of drug-likeness (QED) is 0.280. The van der Waals surface area contributed by atoms with E-state index in [-0.39, 0.29) is 0 Å². The van der Waals surface area contributed by atoms with Crippen molar-refractivity contribution in [2.45, 2.75) is 60.4 Å². The SMILES string of the molecule is CCO[Si](CCCNCC/N=C(\C)CC(C)C)(OCC)OCC. The second-order valence-electron chi connectivity index (χ2n) is 6.05. The molecule has 0 bridgehead atoms. The average molecular weight is 347 g/mol. The van der Waals surface area contributed by atoms with Gasteiger partial charge >= 0.3 is 8.80 Å². The summed E-state index contributed by atoms with van der Waals surface area (Å²) in [5, 5.41) is 3.44. The normalized spacial score (nSPS) is 13.1. The number of nitrogens with one attached hydrogen (secondary N) is 1. The molecule has 5 nitrogen and oxygen atoms in total. The highest BCUT2D eigenvalue weighted by molar-refractivity contribution is 6.60. The molecule has 0 radical (unpaired) electrons. The van der Waals surface area contributed by atoms with E-state index in [0.29, 0.717) is 25.7 Å². The fourth-order valence-electron chi connectivity index (χ4n) is 2.54. The molecule has 0 aliphatic rings. The van der Waals surface area contributed by atoms with E-state index in [0.717, 1.165) is 38.5 Å². The highest BCUT2D eigenvalue weighted by Crippen LogP contribution is 2.17. The van der Waals surface area contributed by atoms with Crippen LogP contribution < -0.4 is 5.32 Å². The smallest absolute Gasteiger partial charge is 0.374 e. The number of aliphatic imine (C=N–C) groups is 1. The molecule has 0 saturated carbocycles. The van der Waals surface area contributed by atoms with E-state index in [4.69, 9.17) is 13.3 Å². The lowest BCUT2D eigenvalue weighted by Gasteiger charge is -2.28. The second kappa shape index (κ2) is 14.1. The van der Waals surface area contributed by atoms with Crippen LogP contribution >= 0.6 is 0 Å². The second-order valence-corrected chi connectivity index (χ2v) is 8.78. The molecule has 0 unspecified atom stereocenters. The minimum absolute atomic E-state index is 0.642. The lowest BCUT2D eigenvalue weighted by Crippen LogP contribution is -2.46. The van der Waals surface area contributed by atoms with E-state index in [9.17, 15) is 0 Å². The van der Waals surface area contributed by atoms with Gasteiger partial charge in [0.1, 0.15) is 0 Å². The molecule has 6 heteroatoms. The predicted octanol–water partition coefficient (Wildman–Crippen LogP) is 3.52. The summed E-state index contributed by atoms with van der Waals surface area (Å²) in [6.07, 6.45) is 2.09. The van der Waals surface area contributed by atoms with Gasteiger partial charge in [-0.2, -0.15) is 0 Å². The zero-order valence-electron chi connectivity index (χ0n) is 16.1. The average Bonchev–Trinajstić information content (AvgIpc) is 2.46. The van der Waals surface area contributed by atoms with Gasteiger partial charge in [-0.15, -0.1) is 0 Å². The third-order valence-electron chi connectivity index (χ3n) is 3.30. The Balaban J connectivity index is 3.97. The van der Waals surface area contributed by atoms with E-state index in [1.54, 1.807) is 0 Å². The molecule has 0 rings (SSSR count). The van der Waals surface area contributed by atoms with Gasteiger partial charge in [0.15, 0.2) is 0 Å². The first-order valence-corrected chi connectivity index (χ1v) is 11.0. The third kappa shape index (κ3) is 11.8. The van der Waals surface area contributed by atoms with E-state index in [1.807, 2.05) is 20.8 Å². The summed E-state index contributed by atoms with van der Waals surface area (Å²) in [5.41, 5.74) is 1.25. The van der Waals surface area contributed by atoms with Gasteiger partial charge in [0.25, 0.3) is 0 Å². The first-order chi connectivity index (χ1) is 11.0. The van der Waals surface area contributed by atoms with Gasteiger partial charge in [-0.3, -0.25) is 4.99 Å². The Kier molecular flexibility index (Phi) is 13.9. The standard InChI is InChI=1S/C17H38N2O3Si/c1-7-20-23(21-8-2,22-9-3)14-10-11-18-12-13-19-17(6)15-16(4)5/h16,18H,7-15H2,1-6H3/b19-17+. The van der Waals surface area contributed by atoms with Crippen LogP contribution in [0.1, 0.15) is 54.4 Å². The molecule has 0 aliphatic heterocycles. The molecule has 138 valence electrons. The van der Waals surface area contributed by atoms with Gasteiger partial charge in [-0.05, 0) is 53.0 Å². The lowest BCUT2D eigenvalue weighted by molar-refractivity contribution is 0.0708. The summed E-state index contributed by atoms with van der Waals surface area (Å²) in [6, 6.07) is 0.866. The molecule has 0 amide bonds. The predicted molar refractivity (Wildman–Crippen MR) is 100 cm³/mol. The Morgan fingerprint density at radius 2 is 1.57 bits per heavy atom. The van der Waals surface area contributed by atoms with Gasteiger partial charge in [-0.25, -0.2) is 0 Å². The molecule has 0 aromatic heterocycles. The monoisotopic (exact) mass is 346 g/mol. The molecule has 0 fully saturated rings. The summed E-state index contributed by atoms with van der Waals surface area (Å²) in [4.78, 5) is 4.59. The highest BCUT2D eigenvalue weighted by atomic mass is 28.4. The maximum Gasteiger partial charge on any atom is 0.500 e. The zero-order chi connectivity index (χ0) is 17.6. The Hall–Kier alpha value is -0.273. The summed E-state index contributed by atoms with van der Waals surface area (Å²) in [7, 11) is -2.47. The largest absolute Gasteiger partial charge is 0.500 e. The van der Waals surface area contributed by atoms with Gasteiger partial charge in [-0.1, -0.05) is 13.8 Å². The molecule has 0 aromatic rings. The van der Waals surface area contributed by atoms with E-state index in [2.05, 4.69) is 31.1 Å². The van der Waals surface area contributed by atoms with Crippen LogP contribution in [0.25, 0.3) is 0 Å². The molecule has 0 aliphatic carbocycles. The first kappa shape index (κ1) is 22.7. The molecular weight excluding hydrogens is 308 g/mol. The fraction of sp³-hybridized carbons (Fsp3) is 0.941. The number of nitrogens with zero attached hydrogens (tertiary/aromatic N) is 1. The summed E-state index contributed by atoms with van der Waals surface area (Å²) >= 11 is 0. The summed E-state index contributed by atoms with van der Waals surface area (Å²) in [5.74, 6) is 0.681. The number of hydrogen-bond acceptors (Lipinski definition) is 5. The van der Waals surface area contributed by atoms with Crippen molar-refractivity contribution < 1.29 is 13.3 Å². The maximum atomic E-state index is 5.85. The molecular formula is C17H38N2O3Si. The third-order valence-corrected chi connectivity index (χ3v) is 6.45. The van der Waals surface area contributed by atoms with Crippen molar-refractivity contribution in [2.75, 3.05) is 39.5 Å². The maximum absolute atomic E-state index is 5.85. The van der Waals surface area contributed by atoms with Gasteiger partial charge in [0.2, 0.25) is 0 Å². The van der Waals surface area contributed by atoms with Gasteiger partial charge in [0.05, 0.1) is 6.54 Å². The van der Waals surface area contributed by atoms with Gasteiger partial charge in [0, 0.05) is 38.1 Å². The molecule has 0 aromatic carbocycles. The molecule has 0 atom stereocenters. The Bertz CT molecular complexity index is 295. The van der Waals surface area contributed by atoms with Crippen molar-refractivity contribution in [1.29, 1.82) is 0 Å². The van der Waals surface area contributed by atoms with E-state index in [1.165, 1.54) is 5.71 Å². The molecule has 0 saturated heterocycles. The van der Waals surface area contributed by atoms with Crippen LogP contribution in [0.15, 0.2) is 4.99 Å². The number of hydrogen-bond donors (Lipinski definition) is 1. The van der Waals surface area contributed by atoms with Crippen molar-refractivity contribution in [3.8, 4) is 0 Å². The van der Waals surface area contributed by atoms with Gasteiger partial charge < -0.3 is 18.6 Å². The van der Waals surface area contributed by atoms with Crippen LogP contribution in [0, 0.1) is 5.92 Å². The Morgan fingerprint density at radius 1 is 1.00 bits per heavy atom. The Morgan fingerprint density at radius 3 is 2.04 bits per heavy atom. The van der Waals surface area contributed by atoms with Crippen LogP contribution in [-0.4, -0.2) is 54.0 Å².